The number of aliphatic hydroxyl groups excluding tert-OH is 1. The van der Waals surface area contributed by atoms with E-state index in [-0.39, 0.29) is 17.9 Å². The third-order valence-corrected chi connectivity index (χ3v) is 6.34. The molecule has 1 saturated heterocycles. The molecule has 2 aliphatic rings. The second-order valence-corrected chi connectivity index (χ2v) is 8.74. The molecule has 1 aromatic carbocycles. The lowest BCUT2D eigenvalue weighted by molar-refractivity contribution is -0.134. The fourth-order valence-electron chi connectivity index (χ4n) is 4.53. The molecule has 30 heavy (non-hydrogen) atoms. The van der Waals surface area contributed by atoms with Gasteiger partial charge in [0.25, 0.3) is 0 Å². The first kappa shape index (κ1) is 22.8. The quantitative estimate of drug-likeness (QED) is 0.806. The van der Waals surface area contributed by atoms with Crippen LogP contribution in [0.2, 0.25) is 0 Å². The normalized spacial score (nSPS) is 20.6. The molecule has 2 amide bonds. The molecule has 6 nitrogen and oxygen atoms in total. The largest absolute Gasteiger partial charge is 0.393 e. The molecule has 0 spiro atoms. The second-order valence-electron chi connectivity index (χ2n) is 8.74. The van der Waals surface area contributed by atoms with Crippen molar-refractivity contribution < 1.29 is 14.7 Å². The molecule has 1 fully saturated rings. The first-order chi connectivity index (χ1) is 14.5. The average Bonchev–Trinajstić information content (AvgIpc) is 2.74. The molecule has 0 bridgehead atoms. The molecule has 3 rings (SSSR count). The molecule has 0 unspecified atom stereocenters. The summed E-state index contributed by atoms with van der Waals surface area (Å²) in [6, 6.07) is 8.12. The number of hydrogen-bond donors (Lipinski definition) is 1. The van der Waals surface area contributed by atoms with Gasteiger partial charge in [-0.25, -0.2) is 0 Å². The number of aliphatic hydroxyl groups is 1. The lowest BCUT2D eigenvalue weighted by Crippen LogP contribution is -2.45. The van der Waals surface area contributed by atoms with Crippen molar-refractivity contribution >= 4 is 17.5 Å². The number of rotatable bonds is 2. The Morgan fingerprint density at radius 1 is 0.933 bits per heavy atom. The standard InChI is InChI=1S/C24H37N3O3/c1-20(28)27-15-9-5-3-2-4-8-14-25(18-21-10-6-7-11-23(21)27)19-24(30)26-16-12-22(29)13-17-26/h6-7,10-11,22,29H,2-5,8-9,12-19H2,1H3. The molecule has 1 aromatic rings. The van der Waals surface area contributed by atoms with E-state index < -0.39 is 0 Å². The molecule has 0 atom stereocenters. The van der Waals surface area contributed by atoms with E-state index in [1.807, 2.05) is 28.0 Å². The summed E-state index contributed by atoms with van der Waals surface area (Å²) >= 11 is 0. The van der Waals surface area contributed by atoms with E-state index in [0.29, 0.717) is 39.0 Å². The first-order valence-corrected chi connectivity index (χ1v) is 11.6. The lowest BCUT2D eigenvalue weighted by Gasteiger charge is -2.32. The number of piperidine rings is 1. The molecule has 1 N–H and O–H groups in total. The molecule has 2 heterocycles. The van der Waals surface area contributed by atoms with Crippen LogP contribution < -0.4 is 4.90 Å². The maximum atomic E-state index is 12.9. The van der Waals surface area contributed by atoms with Crippen LogP contribution in [0.25, 0.3) is 0 Å². The van der Waals surface area contributed by atoms with Crippen LogP contribution in [0.4, 0.5) is 5.69 Å². The molecule has 0 radical (unpaired) electrons. The fraction of sp³-hybridized carbons (Fsp3) is 0.667. The Labute approximate surface area is 180 Å². The summed E-state index contributed by atoms with van der Waals surface area (Å²) in [6.45, 7) is 5.62. The monoisotopic (exact) mass is 415 g/mol. The van der Waals surface area contributed by atoms with Gasteiger partial charge >= 0.3 is 0 Å². The highest BCUT2D eigenvalue weighted by Crippen LogP contribution is 2.24. The summed E-state index contributed by atoms with van der Waals surface area (Å²) in [5.41, 5.74) is 2.08. The summed E-state index contributed by atoms with van der Waals surface area (Å²) in [5.74, 6) is 0.221. The number of carbonyl (C=O) groups excluding carboxylic acids is 2. The van der Waals surface area contributed by atoms with Gasteiger partial charge in [-0.05, 0) is 43.9 Å². The number of amides is 2. The van der Waals surface area contributed by atoms with Crippen LogP contribution in [0.5, 0.6) is 0 Å². The van der Waals surface area contributed by atoms with Crippen LogP contribution in [0.3, 0.4) is 0 Å². The third kappa shape index (κ3) is 6.54. The van der Waals surface area contributed by atoms with E-state index in [1.54, 1.807) is 6.92 Å². The SMILES string of the molecule is CC(=O)N1CCCCCCCCN(CC(=O)N2CCC(O)CC2)Cc2ccccc21. The Balaban J connectivity index is 1.76. The van der Waals surface area contributed by atoms with Gasteiger partial charge in [-0.2, -0.15) is 0 Å². The third-order valence-electron chi connectivity index (χ3n) is 6.34. The number of benzene rings is 1. The molecule has 0 saturated carbocycles. The zero-order valence-corrected chi connectivity index (χ0v) is 18.4. The minimum Gasteiger partial charge on any atom is -0.393 e. The molecule has 2 aliphatic heterocycles. The zero-order valence-electron chi connectivity index (χ0n) is 18.4. The van der Waals surface area contributed by atoms with Crippen molar-refractivity contribution in [3.05, 3.63) is 29.8 Å². The van der Waals surface area contributed by atoms with E-state index in [1.165, 1.54) is 19.3 Å². The van der Waals surface area contributed by atoms with Crippen LogP contribution in [-0.2, 0) is 16.1 Å². The van der Waals surface area contributed by atoms with Crippen LogP contribution in [0, 0.1) is 0 Å². The van der Waals surface area contributed by atoms with Crippen molar-refractivity contribution in [2.45, 2.75) is 70.9 Å². The Morgan fingerprint density at radius 3 is 2.27 bits per heavy atom. The zero-order chi connectivity index (χ0) is 21.3. The molecular formula is C24H37N3O3. The van der Waals surface area contributed by atoms with Gasteiger partial charge in [0.1, 0.15) is 0 Å². The maximum absolute atomic E-state index is 12.9. The van der Waals surface area contributed by atoms with Gasteiger partial charge in [0.05, 0.1) is 12.6 Å². The number of para-hydroxylation sites is 1. The number of fused-ring (bicyclic) bond motifs is 1. The lowest BCUT2D eigenvalue weighted by atomic mass is 10.1. The maximum Gasteiger partial charge on any atom is 0.236 e. The summed E-state index contributed by atoms with van der Waals surface area (Å²) in [5, 5.41) is 9.73. The molecule has 0 aromatic heterocycles. The Hall–Kier alpha value is -1.92. The van der Waals surface area contributed by atoms with Crippen LogP contribution in [-0.4, -0.2) is 65.5 Å². The van der Waals surface area contributed by atoms with Gasteiger partial charge in [-0.3, -0.25) is 14.5 Å². The van der Waals surface area contributed by atoms with E-state index >= 15 is 0 Å². The average molecular weight is 416 g/mol. The van der Waals surface area contributed by atoms with Gasteiger partial charge in [0.15, 0.2) is 0 Å². The van der Waals surface area contributed by atoms with Crippen molar-refractivity contribution in [2.75, 3.05) is 37.6 Å². The topological polar surface area (TPSA) is 64.1 Å². The van der Waals surface area contributed by atoms with Crippen molar-refractivity contribution in [1.82, 2.24) is 9.80 Å². The van der Waals surface area contributed by atoms with Gasteiger partial charge in [0, 0.05) is 38.8 Å². The second kappa shape index (κ2) is 11.5. The Kier molecular flexibility index (Phi) is 8.70. The van der Waals surface area contributed by atoms with Crippen LogP contribution >= 0.6 is 0 Å². The molecule has 6 heteroatoms. The van der Waals surface area contributed by atoms with E-state index in [2.05, 4.69) is 11.0 Å². The van der Waals surface area contributed by atoms with Gasteiger partial charge in [-0.15, -0.1) is 0 Å². The van der Waals surface area contributed by atoms with E-state index in [4.69, 9.17) is 0 Å². The van der Waals surface area contributed by atoms with E-state index in [0.717, 1.165) is 43.6 Å². The minimum atomic E-state index is -0.274. The summed E-state index contributed by atoms with van der Waals surface area (Å²) < 4.78 is 0. The summed E-state index contributed by atoms with van der Waals surface area (Å²) in [7, 11) is 0. The van der Waals surface area contributed by atoms with Crippen molar-refractivity contribution in [1.29, 1.82) is 0 Å². The van der Waals surface area contributed by atoms with Crippen molar-refractivity contribution in [2.24, 2.45) is 0 Å². The van der Waals surface area contributed by atoms with Crippen LogP contribution in [0.1, 0.15) is 63.9 Å². The highest BCUT2D eigenvalue weighted by Gasteiger charge is 2.24. The van der Waals surface area contributed by atoms with E-state index in [9.17, 15) is 14.7 Å². The Bertz CT molecular complexity index is 701. The predicted molar refractivity (Wildman–Crippen MR) is 119 cm³/mol. The highest BCUT2D eigenvalue weighted by atomic mass is 16.3. The highest BCUT2D eigenvalue weighted by molar-refractivity contribution is 5.92. The Morgan fingerprint density at radius 2 is 1.57 bits per heavy atom. The molecule has 0 aliphatic carbocycles. The smallest absolute Gasteiger partial charge is 0.236 e. The first-order valence-electron chi connectivity index (χ1n) is 11.6. The van der Waals surface area contributed by atoms with Gasteiger partial charge in [0.2, 0.25) is 11.8 Å². The molecular weight excluding hydrogens is 378 g/mol. The number of carbonyl (C=O) groups is 2. The minimum absolute atomic E-state index is 0.0758. The summed E-state index contributed by atoms with van der Waals surface area (Å²) in [4.78, 5) is 31.3. The van der Waals surface area contributed by atoms with Crippen LogP contribution in [0.15, 0.2) is 24.3 Å². The van der Waals surface area contributed by atoms with Crippen molar-refractivity contribution in [3.63, 3.8) is 0 Å². The van der Waals surface area contributed by atoms with Gasteiger partial charge in [-0.1, -0.05) is 43.9 Å². The van der Waals surface area contributed by atoms with Gasteiger partial charge < -0.3 is 14.9 Å². The fourth-order valence-corrected chi connectivity index (χ4v) is 4.53. The number of likely N-dealkylation sites (tertiary alicyclic amines) is 1. The number of nitrogens with zero attached hydrogens (tertiary/aromatic N) is 3. The molecule has 166 valence electrons. The summed E-state index contributed by atoms with van der Waals surface area (Å²) in [6.07, 6.45) is 7.91. The van der Waals surface area contributed by atoms with Crippen molar-refractivity contribution in [3.8, 4) is 0 Å². The number of anilines is 1. The predicted octanol–water partition coefficient (Wildman–Crippen LogP) is 3.18. The number of hydrogen-bond acceptors (Lipinski definition) is 4.